The lowest BCUT2D eigenvalue weighted by molar-refractivity contribution is -0.274. The van der Waals surface area contributed by atoms with Crippen LogP contribution in [0.4, 0.5) is 13.2 Å². The Morgan fingerprint density at radius 3 is 2.14 bits per heavy atom. The number of hydrogen-bond donors (Lipinski definition) is 0. The molecule has 2 aliphatic rings. The summed E-state index contributed by atoms with van der Waals surface area (Å²) in [4.78, 5) is 30.1. The Morgan fingerprint density at radius 1 is 0.865 bits per heavy atom. The number of piperidine rings is 2. The Hall–Kier alpha value is -2.94. The van der Waals surface area contributed by atoms with Gasteiger partial charge in [-0.1, -0.05) is 11.6 Å². The van der Waals surface area contributed by atoms with Gasteiger partial charge in [-0.3, -0.25) is 9.59 Å². The van der Waals surface area contributed by atoms with Crippen molar-refractivity contribution in [1.29, 1.82) is 0 Å². The SMILES string of the molecule is O=C(C[C@@]1(COc2ccc(Cl)cc2)CCCN(C(=O)c2ccc(OC(F)(F)F)cc2)C1)N1CCCCC1. The first-order valence-electron chi connectivity index (χ1n) is 12.4. The maximum Gasteiger partial charge on any atom is 0.573 e. The Kier molecular flexibility index (Phi) is 8.52. The van der Waals surface area contributed by atoms with Crippen LogP contribution in [0.1, 0.15) is 48.9 Å². The predicted octanol–water partition coefficient (Wildman–Crippen LogP) is 5.94. The molecule has 2 aromatic carbocycles. The van der Waals surface area contributed by atoms with Gasteiger partial charge in [0.15, 0.2) is 0 Å². The summed E-state index contributed by atoms with van der Waals surface area (Å²) in [6, 6.07) is 11.9. The van der Waals surface area contributed by atoms with Crippen molar-refractivity contribution in [3.63, 3.8) is 0 Å². The van der Waals surface area contributed by atoms with Crippen molar-refractivity contribution in [2.24, 2.45) is 5.41 Å². The molecule has 0 N–H and O–H groups in total. The molecule has 2 heterocycles. The molecule has 2 aromatic rings. The van der Waals surface area contributed by atoms with Gasteiger partial charge in [0.2, 0.25) is 5.91 Å². The van der Waals surface area contributed by atoms with E-state index in [1.165, 1.54) is 12.1 Å². The van der Waals surface area contributed by atoms with Gasteiger partial charge in [0.1, 0.15) is 11.5 Å². The van der Waals surface area contributed by atoms with Crippen LogP contribution < -0.4 is 9.47 Å². The van der Waals surface area contributed by atoms with E-state index in [1.807, 2.05) is 4.90 Å². The molecule has 0 aromatic heterocycles. The average Bonchev–Trinajstić information content (AvgIpc) is 2.88. The molecule has 1 atom stereocenters. The van der Waals surface area contributed by atoms with Crippen LogP contribution in [0.3, 0.4) is 0 Å². The largest absolute Gasteiger partial charge is 0.573 e. The van der Waals surface area contributed by atoms with Gasteiger partial charge < -0.3 is 19.3 Å². The van der Waals surface area contributed by atoms with E-state index in [0.29, 0.717) is 36.7 Å². The molecule has 2 saturated heterocycles. The van der Waals surface area contributed by atoms with E-state index in [0.717, 1.165) is 44.5 Å². The molecular weight excluding hydrogens is 509 g/mol. The number of carbonyl (C=O) groups excluding carboxylic acids is 2. The third-order valence-electron chi connectivity index (χ3n) is 6.88. The molecule has 2 amide bonds. The van der Waals surface area contributed by atoms with Gasteiger partial charge in [-0.25, -0.2) is 0 Å². The second-order valence-electron chi connectivity index (χ2n) is 9.76. The normalized spacial score (nSPS) is 20.4. The molecule has 0 radical (unpaired) electrons. The lowest BCUT2D eigenvalue weighted by Gasteiger charge is -2.43. The highest BCUT2D eigenvalue weighted by Gasteiger charge is 2.41. The fourth-order valence-corrected chi connectivity index (χ4v) is 5.15. The van der Waals surface area contributed by atoms with Crippen molar-refractivity contribution in [3.05, 3.63) is 59.1 Å². The molecule has 4 rings (SSSR count). The Labute approximate surface area is 219 Å². The molecular formula is C27H30ClF3N2O4. The molecule has 37 heavy (non-hydrogen) atoms. The van der Waals surface area contributed by atoms with Gasteiger partial charge in [-0.2, -0.15) is 0 Å². The molecule has 0 bridgehead atoms. The third kappa shape index (κ3) is 7.53. The summed E-state index contributed by atoms with van der Waals surface area (Å²) in [5.41, 5.74) is -0.340. The van der Waals surface area contributed by atoms with Crippen LogP contribution in [0.15, 0.2) is 48.5 Å². The molecule has 0 aliphatic carbocycles. The molecule has 2 aliphatic heterocycles. The van der Waals surface area contributed by atoms with Crippen LogP contribution in [0, 0.1) is 5.41 Å². The number of alkyl halides is 3. The standard InChI is InChI=1S/C27H30ClF3N2O4/c28-21-7-11-22(12-8-21)36-19-26(17-24(34)32-14-2-1-3-15-32)13-4-16-33(18-26)25(35)20-5-9-23(10-6-20)37-27(29,30)31/h5-12H,1-4,13-19H2/t26-/m0/s1. The number of likely N-dealkylation sites (tertiary alicyclic amines) is 2. The second kappa shape index (κ2) is 11.6. The molecule has 2 fully saturated rings. The summed E-state index contributed by atoms with van der Waals surface area (Å²) in [6.07, 6.45) is -0.0761. The number of nitrogens with zero attached hydrogens (tertiary/aromatic N) is 2. The zero-order valence-corrected chi connectivity index (χ0v) is 21.2. The van der Waals surface area contributed by atoms with Crippen molar-refractivity contribution < 1.29 is 32.2 Å². The summed E-state index contributed by atoms with van der Waals surface area (Å²) in [6.45, 7) is 2.51. The molecule has 0 saturated carbocycles. The zero-order valence-electron chi connectivity index (χ0n) is 20.4. The van der Waals surface area contributed by atoms with Crippen molar-refractivity contribution in [2.75, 3.05) is 32.8 Å². The molecule has 10 heteroatoms. The van der Waals surface area contributed by atoms with Gasteiger partial charge in [0.25, 0.3) is 5.91 Å². The van der Waals surface area contributed by atoms with Crippen LogP contribution in [0.2, 0.25) is 5.02 Å². The van der Waals surface area contributed by atoms with Crippen molar-refractivity contribution >= 4 is 23.4 Å². The minimum absolute atomic E-state index is 0.0577. The smallest absolute Gasteiger partial charge is 0.493 e. The van der Waals surface area contributed by atoms with Crippen LogP contribution in [0.25, 0.3) is 0 Å². The number of benzene rings is 2. The van der Waals surface area contributed by atoms with Gasteiger partial charge >= 0.3 is 6.36 Å². The lowest BCUT2D eigenvalue weighted by atomic mass is 9.77. The van der Waals surface area contributed by atoms with Crippen LogP contribution in [-0.4, -0.2) is 60.8 Å². The highest BCUT2D eigenvalue weighted by molar-refractivity contribution is 6.30. The maximum absolute atomic E-state index is 13.3. The highest BCUT2D eigenvalue weighted by Crippen LogP contribution is 2.36. The van der Waals surface area contributed by atoms with E-state index >= 15 is 0 Å². The van der Waals surface area contributed by atoms with Gasteiger partial charge in [0.05, 0.1) is 6.61 Å². The first-order chi connectivity index (χ1) is 17.6. The van der Waals surface area contributed by atoms with E-state index in [4.69, 9.17) is 16.3 Å². The zero-order chi connectivity index (χ0) is 26.5. The van der Waals surface area contributed by atoms with Crippen molar-refractivity contribution in [3.8, 4) is 11.5 Å². The molecule has 6 nitrogen and oxygen atoms in total. The van der Waals surface area contributed by atoms with Gasteiger partial charge in [-0.15, -0.1) is 13.2 Å². The fraction of sp³-hybridized carbons (Fsp3) is 0.481. The molecule has 0 unspecified atom stereocenters. The first kappa shape index (κ1) is 27.1. The molecule has 200 valence electrons. The highest BCUT2D eigenvalue weighted by atomic mass is 35.5. The fourth-order valence-electron chi connectivity index (χ4n) is 5.02. The van der Waals surface area contributed by atoms with E-state index in [-0.39, 0.29) is 36.2 Å². The topological polar surface area (TPSA) is 59.1 Å². The van der Waals surface area contributed by atoms with Crippen LogP contribution in [-0.2, 0) is 4.79 Å². The van der Waals surface area contributed by atoms with Crippen molar-refractivity contribution in [2.45, 2.75) is 44.9 Å². The number of ether oxygens (including phenoxy) is 2. The summed E-state index contributed by atoms with van der Waals surface area (Å²) < 4.78 is 47.5. The minimum Gasteiger partial charge on any atom is -0.493 e. The quantitative estimate of drug-likeness (QED) is 0.437. The lowest BCUT2D eigenvalue weighted by Crippen LogP contribution is -2.51. The average molecular weight is 539 g/mol. The summed E-state index contributed by atoms with van der Waals surface area (Å²) in [7, 11) is 0. The summed E-state index contributed by atoms with van der Waals surface area (Å²) in [5, 5.41) is 0.587. The predicted molar refractivity (Wildman–Crippen MR) is 133 cm³/mol. The van der Waals surface area contributed by atoms with Crippen LogP contribution >= 0.6 is 11.6 Å². The Bertz CT molecular complexity index is 1070. The number of carbonyl (C=O) groups is 2. The van der Waals surface area contributed by atoms with Crippen LogP contribution in [0.5, 0.6) is 11.5 Å². The first-order valence-corrected chi connectivity index (χ1v) is 12.8. The number of hydrogen-bond acceptors (Lipinski definition) is 4. The third-order valence-corrected chi connectivity index (χ3v) is 7.13. The number of rotatable bonds is 7. The number of halogens is 4. The van der Waals surface area contributed by atoms with E-state index in [2.05, 4.69) is 4.74 Å². The maximum atomic E-state index is 13.3. The summed E-state index contributed by atoms with van der Waals surface area (Å²) in [5.74, 6) is -0.0136. The number of amides is 2. The van der Waals surface area contributed by atoms with E-state index in [9.17, 15) is 22.8 Å². The van der Waals surface area contributed by atoms with Gasteiger partial charge in [0, 0.05) is 48.6 Å². The monoisotopic (exact) mass is 538 g/mol. The minimum atomic E-state index is -4.80. The van der Waals surface area contributed by atoms with Gasteiger partial charge in [-0.05, 0) is 80.6 Å². The Morgan fingerprint density at radius 2 is 1.49 bits per heavy atom. The van der Waals surface area contributed by atoms with E-state index < -0.39 is 11.8 Å². The molecule has 0 spiro atoms. The summed E-state index contributed by atoms with van der Waals surface area (Å²) >= 11 is 5.98. The van der Waals surface area contributed by atoms with Crippen molar-refractivity contribution in [1.82, 2.24) is 9.80 Å². The second-order valence-corrected chi connectivity index (χ2v) is 10.2. The Balaban J connectivity index is 1.50. The van der Waals surface area contributed by atoms with E-state index in [1.54, 1.807) is 29.2 Å².